The van der Waals surface area contributed by atoms with Crippen LogP contribution in [-0.2, 0) is 0 Å². The molecule has 1 fully saturated rings. The fourth-order valence-corrected chi connectivity index (χ4v) is 3.48. The van der Waals surface area contributed by atoms with Gasteiger partial charge in [-0.25, -0.2) is 0 Å². The van der Waals surface area contributed by atoms with E-state index in [0.29, 0.717) is 5.41 Å². The van der Waals surface area contributed by atoms with Crippen LogP contribution in [-0.4, -0.2) is 13.1 Å². The summed E-state index contributed by atoms with van der Waals surface area (Å²) in [6.07, 6.45) is 9.86. The van der Waals surface area contributed by atoms with E-state index >= 15 is 0 Å². The van der Waals surface area contributed by atoms with Gasteiger partial charge in [-0.05, 0) is 37.1 Å². The molecule has 0 saturated heterocycles. The molecule has 1 heteroatoms. The van der Waals surface area contributed by atoms with Crippen molar-refractivity contribution in [3.05, 3.63) is 0 Å². The Kier molecular flexibility index (Phi) is 5.66. The zero-order valence-corrected chi connectivity index (χ0v) is 10.9. The first-order valence-corrected chi connectivity index (χ1v) is 6.99. The first-order valence-electron chi connectivity index (χ1n) is 6.99. The molecule has 1 aliphatic carbocycles. The van der Waals surface area contributed by atoms with Gasteiger partial charge in [0.1, 0.15) is 0 Å². The fraction of sp³-hybridized carbons (Fsp3) is 1.00. The molecule has 0 heterocycles. The molecule has 1 nitrogen and oxygen atoms in total. The summed E-state index contributed by atoms with van der Waals surface area (Å²) in [7, 11) is 0. The van der Waals surface area contributed by atoms with Crippen LogP contribution in [0.15, 0.2) is 0 Å². The van der Waals surface area contributed by atoms with Crippen LogP contribution in [0.2, 0.25) is 0 Å². The maximum atomic E-state index is 3.67. The zero-order chi connectivity index (χ0) is 11.1. The maximum Gasteiger partial charge on any atom is 0.00105 e. The highest BCUT2D eigenvalue weighted by molar-refractivity contribution is 4.91. The Morgan fingerprint density at radius 3 is 2.13 bits per heavy atom. The number of rotatable bonds is 7. The average molecular weight is 211 g/mol. The summed E-state index contributed by atoms with van der Waals surface area (Å²) in [4.78, 5) is 0. The van der Waals surface area contributed by atoms with Crippen LogP contribution in [0.1, 0.15) is 65.7 Å². The second-order valence-electron chi connectivity index (χ2n) is 5.26. The van der Waals surface area contributed by atoms with E-state index in [1.54, 1.807) is 0 Å². The van der Waals surface area contributed by atoms with Gasteiger partial charge in [0, 0.05) is 6.54 Å². The number of nitrogens with one attached hydrogen (secondary N) is 1. The molecule has 1 N–H and O–H groups in total. The van der Waals surface area contributed by atoms with E-state index in [2.05, 4.69) is 26.1 Å². The lowest BCUT2D eigenvalue weighted by molar-refractivity contribution is 0.150. The summed E-state index contributed by atoms with van der Waals surface area (Å²) in [5, 5.41) is 3.67. The summed E-state index contributed by atoms with van der Waals surface area (Å²) in [5.74, 6) is 0.948. The lowest BCUT2D eigenvalue weighted by atomic mass is 9.71. The molecule has 90 valence electrons. The van der Waals surface area contributed by atoms with Gasteiger partial charge >= 0.3 is 0 Å². The maximum absolute atomic E-state index is 3.67. The Labute approximate surface area is 96.0 Å². The quantitative estimate of drug-likeness (QED) is 0.628. The van der Waals surface area contributed by atoms with Crippen LogP contribution in [0.4, 0.5) is 0 Å². The molecule has 0 bridgehead atoms. The third kappa shape index (κ3) is 3.21. The van der Waals surface area contributed by atoms with Gasteiger partial charge in [0.05, 0.1) is 0 Å². The Balaban J connectivity index is 2.52. The highest BCUT2D eigenvalue weighted by Gasteiger charge is 2.38. The normalized spacial score (nSPS) is 20.0. The van der Waals surface area contributed by atoms with Crippen molar-refractivity contribution in [2.45, 2.75) is 65.7 Å². The third-order valence-corrected chi connectivity index (χ3v) is 4.35. The van der Waals surface area contributed by atoms with Crippen molar-refractivity contribution in [3.8, 4) is 0 Å². The van der Waals surface area contributed by atoms with Crippen molar-refractivity contribution in [1.82, 2.24) is 5.32 Å². The van der Waals surface area contributed by atoms with Gasteiger partial charge < -0.3 is 5.32 Å². The largest absolute Gasteiger partial charge is 0.316 e. The van der Waals surface area contributed by atoms with E-state index in [-0.39, 0.29) is 0 Å². The van der Waals surface area contributed by atoms with E-state index in [4.69, 9.17) is 0 Å². The van der Waals surface area contributed by atoms with Crippen LogP contribution in [0, 0.1) is 11.3 Å². The monoisotopic (exact) mass is 211 g/mol. The minimum absolute atomic E-state index is 0.651. The predicted molar refractivity (Wildman–Crippen MR) is 68.1 cm³/mol. The molecule has 0 radical (unpaired) electrons. The smallest absolute Gasteiger partial charge is 0.00105 e. The fourth-order valence-electron chi connectivity index (χ4n) is 3.48. The predicted octanol–water partition coefficient (Wildman–Crippen LogP) is 3.98. The van der Waals surface area contributed by atoms with Crippen LogP contribution in [0.5, 0.6) is 0 Å². The highest BCUT2D eigenvalue weighted by atomic mass is 14.9. The van der Waals surface area contributed by atoms with Crippen LogP contribution >= 0.6 is 0 Å². The minimum Gasteiger partial charge on any atom is -0.316 e. The molecule has 1 saturated carbocycles. The molecule has 0 atom stereocenters. The van der Waals surface area contributed by atoms with Crippen molar-refractivity contribution in [2.75, 3.05) is 13.1 Å². The van der Waals surface area contributed by atoms with Gasteiger partial charge in [0.15, 0.2) is 0 Å². The first kappa shape index (κ1) is 13.0. The number of hydrogen-bond donors (Lipinski definition) is 1. The molecule has 0 aromatic heterocycles. The minimum atomic E-state index is 0.651. The lowest BCUT2D eigenvalue weighted by Gasteiger charge is -2.37. The van der Waals surface area contributed by atoms with Crippen LogP contribution < -0.4 is 5.32 Å². The van der Waals surface area contributed by atoms with Gasteiger partial charge in [-0.15, -0.1) is 0 Å². The standard InChI is InChI=1S/C14H29N/c1-4-11-15-12-14(9-7-8-10-14)13(5-2)6-3/h13,15H,4-12H2,1-3H3. The Bertz CT molecular complexity index is 155. The van der Waals surface area contributed by atoms with Gasteiger partial charge in [-0.3, -0.25) is 0 Å². The second-order valence-corrected chi connectivity index (χ2v) is 5.26. The topological polar surface area (TPSA) is 12.0 Å². The third-order valence-electron chi connectivity index (χ3n) is 4.35. The van der Waals surface area contributed by atoms with Crippen LogP contribution in [0.25, 0.3) is 0 Å². The zero-order valence-electron chi connectivity index (χ0n) is 10.9. The summed E-state index contributed by atoms with van der Waals surface area (Å²) < 4.78 is 0. The molecular weight excluding hydrogens is 182 g/mol. The molecule has 0 aliphatic heterocycles. The average Bonchev–Trinajstić information content (AvgIpc) is 2.70. The first-order chi connectivity index (χ1) is 7.29. The summed E-state index contributed by atoms with van der Waals surface area (Å²) >= 11 is 0. The van der Waals surface area contributed by atoms with E-state index in [1.807, 2.05) is 0 Å². The Morgan fingerprint density at radius 1 is 1.07 bits per heavy atom. The summed E-state index contributed by atoms with van der Waals surface area (Å²) in [6, 6.07) is 0. The molecular formula is C14H29N. The van der Waals surface area contributed by atoms with Gasteiger partial charge in [0.2, 0.25) is 0 Å². The number of hydrogen-bond acceptors (Lipinski definition) is 1. The van der Waals surface area contributed by atoms with Crippen molar-refractivity contribution in [2.24, 2.45) is 11.3 Å². The van der Waals surface area contributed by atoms with Crippen molar-refractivity contribution < 1.29 is 0 Å². The van der Waals surface area contributed by atoms with E-state index in [1.165, 1.54) is 58.0 Å². The molecule has 1 rings (SSSR count). The molecule has 0 unspecified atom stereocenters. The molecule has 1 aliphatic rings. The lowest BCUT2D eigenvalue weighted by Crippen LogP contribution is -2.38. The molecule has 0 aromatic carbocycles. The highest BCUT2D eigenvalue weighted by Crippen LogP contribution is 2.46. The van der Waals surface area contributed by atoms with Crippen LogP contribution in [0.3, 0.4) is 0 Å². The Morgan fingerprint density at radius 2 is 1.67 bits per heavy atom. The SMILES string of the molecule is CCCNCC1(C(CC)CC)CCCC1. The summed E-state index contributed by atoms with van der Waals surface area (Å²) in [5.41, 5.74) is 0.651. The Hall–Kier alpha value is -0.0400. The van der Waals surface area contributed by atoms with Crippen molar-refractivity contribution >= 4 is 0 Å². The molecule has 15 heavy (non-hydrogen) atoms. The van der Waals surface area contributed by atoms with Gasteiger partial charge in [-0.1, -0.05) is 46.5 Å². The van der Waals surface area contributed by atoms with Gasteiger partial charge in [0.25, 0.3) is 0 Å². The molecule has 0 aromatic rings. The van der Waals surface area contributed by atoms with E-state index in [0.717, 1.165) is 5.92 Å². The van der Waals surface area contributed by atoms with E-state index in [9.17, 15) is 0 Å². The second kappa shape index (κ2) is 6.52. The summed E-state index contributed by atoms with van der Waals surface area (Å²) in [6.45, 7) is 9.46. The van der Waals surface area contributed by atoms with Crippen molar-refractivity contribution in [1.29, 1.82) is 0 Å². The molecule has 0 amide bonds. The van der Waals surface area contributed by atoms with Gasteiger partial charge in [-0.2, -0.15) is 0 Å². The molecule has 0 spiro atoms. The van der Waals surface area contributed by atoms with E-state index < -0.39 is 0 Å². The van der Waals surface area contributed by atoms with Crippen molar-refractivity contribution in [3.63, 3.8) is 0 Å².